The molecule has 1 N–H and O–H groups in total. The number of rotatable bonds is 5. The van der Waals surface area contributed by atoms with Crippen LogP contribution in [-0.2, 0) is 19.5 Å². The van der Waals surface area contributed by atoms with Gasteiger partial charge in [-0.3, -0.25) is 0 Å². The summed E-state index contributed by atoms with van der Waals surface area (Å²) in [5.41, 5.74) is 2.82. The van der Waals surface area contributed by atoms with E-state index < -0.39 is 0 Å². The van der Waals surface area contributed by atoms with Gasteiger partial charge in [-0.2, -0.15) is 0 Å². The van der Waals surface area contributed by atoms with Crippen LogP contribution < -0.4 is 5.32 Å². The Labute approximate surface area is 124 Å². The van der Waals surface area contributed by atoms with Gasteiger partial charge in [0.05, 0.1) is 0 Å². The lowest BCUT2D eigenvalue weighted by atomic mass is 10.1. The highest BCUT2D eigenvalue weighted by atomic mass is 32.1. The van der Waals surface area contributed by atoms with Crippen LogP contribution in [0.5, 0.6) is 0 Å². The number of fused-ring (bicyclic) bond motifs is 1. The molecule has 1 heterocycles. The van der Waals surface area contributed by atoms with Crippen molar-refractivity contribution in [2.75, 3.05) is 0 Å². The van der Waals surface area contributed by atoms with E-state index in [-0.39, 0.29) is 0 Å². The van der Waals surface area contributed by atoms with Gasteiger partial charge in [-0.1, -0.05) is 43.3 Å². The number of nitrogens with one attached hydrogen (secondary N) is 1. The predicted octanol–water partition coefficient (Wildman–Crippen LogP) is 4.75. The lowest BCUT2D eigenvalue weighted by Gasteiger charge is -2.06. The monoisotopic (exact) mass is 281 g/mol. The Bertz CT molecular complexity index is 699. The Hall–Kier alpha value is -1.64. The Morgan fingerprint density at radius 2 is 1.80 bits per heavy atom. The summed E-state index contributed by atoms with van der Waals surface area (Å²) >= 11 is 1.85. The molecule has 1 nitrogen and oxygen atoms in total. The fourth-order valence-corrected chi connectivity index (χ4v) is 3.45. The highest BCUT2D eigenvalue weighted by molar-refractivity contribution is 7.10. The maximum Gasteiger partial charge on any atom is 0.0305 e. The van der Waals surface area contributed by atoms with E-state index in [1.807, 2.05) is 11.3 Å². The van der Waals surface area contributed by atoms with Crippen molar-refractivity contribution in [2.24, 2.45) is 0 Å². The average molecular weight is 281 g/mol. The van der Waals surface area contributed by atoms with Gasteiger partial charge in [0.1, 0.15) is 0 Å². The molecule has 0 amide bonds. The van der Waals surface area contributed by atoms with E-state index in [9.17, 15) is 0 Å². The van der Waals surface area contributed by atoms with E-state index in [1.165, 1.54) is 26.8 Å². The van der Waals surface area contributed by atoms with Crippen molar-refractivity contribution in [1.29, 1.82) is 0 Å². The van der Waals surface area contributed by atoms with Crippen LogP contribution in [-0.4, -0.2) is 0 Å². The molecule has 0 atom stereocenters. The molecule has 0 unspecified atom stereocenters. The lowest BCUT2D eigenvalue weighted by molar-refractivity contribution is 0.697. The summed E-state index contributed by atoms with van der Waals surface area (Å²) in [5, 5.41) is 8.37. The van der Waals surface area contributed by atoms with E-state index in [2.05, 4.69) is 66.2 Å². The van der Waals surface area contributed by atoms with Crippen LogP contribution in [0.3, 0.4) is 0 Å². The molecule has 0 aliphatic carbocycles. The number of aryl methyl sites for hydroxylation is 1. The molecule has 3 rings (SSSR count). The molecule has 102 valence electrons. The maximum absolute atomic E-state index is 3.55. The summed E-state index contributed by atoms with van der Waals surface area (Å²) in [6.07, 6.45) is 1.12. The molecule has 0 aliphatic heterocycles. The van der Waals surface area contributed by atoms with Crippen LogP contribution >= 0.6 is 11.3 Å². The minimum Gasteiger partial charge on any atom is -0.308 e. The highest BCUT2D eigenvalue weighted by Gasteiger charge is 2.02. The fourth-order valence-electron chi connectivity index (χ4n) is 2.51. The smallest absolute Gasteiger partial charge is 0.0305 e. The third-order valence-corrected chi connectivity index (χ3v) is 4.61. The fraction of sp³-hybridized carbons (Fsp3) is 0.222. The minimum atomic E-state index is 0.923. The van der Waals surface area contributed by atoms with E-state index in [4.69, 9.17) is 0 Å². The molecule has 0 spiro atoms. The molecule has 1 aromatic heterocycles. The molecule has 0 saturated heterocycles. The van der Waals surface area contributed by atoms with E-state index in [1.54, 1.807) is 0 Å². The Balaban J connectivity index is 1.65. The molecule has 3 aromatic rings. The number of hydrogen-bond donors (Lipinski definition) is 1. The topological polar surface area (TPSA) is 12.0 Å². The van der Waals surface area contributed by atoms with Crippen LogP contribution in [0.15, 0.2) is 53.9 Å². The van der Waals surface area contributed by atoms with Gasteiger partial charge in [-0.15, -0.1) is 11.3 Å². The maximum atomic E-state index is 3.55. The molecule has 0 fully saturated rings. The van der Waals surface area contributed by atoms with Crippen LogP contribution in [0, 0.1) is 0 Å². The van der Waals surface area contributed by atoms with Gasteiger partial charge >= 0.3 is 0 Å². The van der Waals surface area contributed by atoms with Crippen LogP contribution in [0.25, 0.3) is 10.8 Å². The van der Waals surface area contributed by atoms with E-state index in [0.29, 0.717) is 0 Å². The zero-order valence-electron chi connectivity index (χ0n) is 11.7. The minimum absolute atomic E-state index is 0.923. The molecule has 0 aliphatic rings. The molecular formula is C18H19NS. The van der Waals surface area contributed by atoms with Gasteiger partial charge in [0.15, 0.2) is 0 Å². The highest BCUT2D eigenvalue weighted by Crippen LogP contribution is 2.18. The van der Waals surface area contributed by atoms with Crippen molar-refractivity contribution in [3.63, 3.8) is 0 Å². The molecule has 0 bridgehead atoms. The van der Waals surface area contributed by atoms with Crippen molar-refractivity contribution in [3.8, 4) is 0 Å². The Morgan fingerprint density at radius 3 is 2.65 bits per heavy atom. The molecule has 0 saturated carbocycles. The summed E-state index contributed by atoms with van der Waals surface area (Å²) < 4.78 is 0. The van der Waals surface area contributed by atoms with Gasteiger partial charge in [0.2, 0.25) is 0 Å². The van der Waals surface area contributed by atoms with E-state index in [0.717, 1.165) is 19.5 Å². The SMILES string of the molecule is CCc1ccsc1CNCc1ccc2ccccc2c1. The first-order chi connectivity index (χ1) is 9.86. The average Bonchev–Trinajstić information content (AvgIpc) is 2.95. The second-order valence-corrected chi connectivity index (χ2v) is 6.01. The summed E-state index contributed by atoms with van der Waals surface area (Å²) in [4.78, 5) is 1.47. The van der Waals surface area contributed by atoms with Crippen LogP contribution in [0.4, 0.5) is 0 Å². The van der Waals surface area contributed by atoms with Gasteiger partial charge < -0.3 is 5.32 Å². The summed E-state index contributed by atoms with van der Waals surface area (Å²) in [7, 11) is 0. The third kappa shape index (κ3) is 2.92. The van der Waals surface area contributed by atoms with Crippen molar-refractivity contribution >= 4 is 22.1 Å². The van der Waals surface area contributed by atoms with Crippen LogP contribution in [0.2, 0.25) is 0 Å². The lowest BCUT2D eigenvalue weighted by Crippen LogP contribution is -2.12. The van der Waals surface area contributed by atoms with Crippen LogP contribution in [0.1, 0.15) is 22.9 Å². The zero-order chi connectivity index (χ0) is 13.8. The number of benzene rings is 2. The van der Waals surface area contributed by atoms with Crippen molar-refractivity contribution < 1.29 is 0 Å². The second kappa shape index (κ2) is 6.21. The standard InChI is InChI=1S/C18H19NS/c1-2-15-9-10-20-18(15)13-19-12-14-7-8-16-5-3-4-6-17(16)11-14/h3-11,19H,2,12-13H2,1H3. The summed E-state index contributed by atoms with van der Waals surface area (Å²) in [6, 6.07) is 17.4. The first-order valence-electron chi connectivity index (χ1n) is 7.10. The van der Waals surface area contributed by atoms with Gasteiger partial charge in [0.25, 0.3) is 0 Å². The Morgan fingerprint density at radius 1 is 0.950 bits per heavy atom. The zero-order valence-corrected chi connectivity index (χ0v) is 12.5. The molecule has 0 radical (unpaired) electrons. The third-order valence-electron chi connectivity index (χ3n) is 3.65. The summed E-state index contributed by atoms with van der Waals surface area (Å²) in [6.45, 7) is 4.11. The largest absolute Gasteiger partial charge is 0.308 e. The number of thiophene rings is 1. The first-order valence-corrected chi connectivity index (χ1v) is 7.98. The molecule has 2 aromatic carbocycles. The predicted molar refractivity (Wildman–Crippen MR) is 88.2 cm³/mol. The number of hydrogen-bond acceptors (Lipinski definition) is 2. The van der Waals surface area contributed by atoms with Gasteiger partial charge in [-0.25, -0.2) is 0 Å². The molecular weight excluding hydrogens is 262 g/mol. The van der Waals surface area contributed by atoms with Crippen molar-refractivity contribution in [3.05, 3.63) is 69.9 Å². The Kier molecular flexibility index (Phi) is 4.14. The summed E-state index contributed by atoms with van der Waals surface area (Å²) in [5.74, 6) is 0. The van der Waals surface area contributed by atoms with Gasteiger partial charge in [0, 0.05) is 18.0 Å². The molecule has 2 heteroatoms. The normalized spacial score (nSPS) is 11.1. The first kappa shape index (κ1) is 13.3. The quantitative estimate of drug-likeness (QED) is 0.711. The molecule has 20 heavy (non-hydrogen) atoms. The van der Waals surface area contributed by atoms with Gasteiger partial charge in [-0.05, 0) is 45.8 Å². The van der Waals surface area contributed by atoms with E-state index >= 15 is 0 Å². The van der Waals surface area contributed by atoms with Crippen molar-refractivity contribution in [1.82, 2.24) is 5.32 Å². The second-order valence-electron chi connectivity index (χ2n) is 5.01. The van der Waals surface area contributed by atoms with Crippen molar-refractivity contribution in [2.45, 2.75) is 26.4 Å².